The summed E-state index contributed by atoms with van der Waals surface area (Å²) in [6, 6.07) is 14.0. The number of ether oxygens (including phenoxy) is 1. The first-order valence-corrected chi connectivity index (χ1v) is 11.1. The van der Waals surface area contributed by atoms with Crippen molar-refractivity contribution < 1.29 is 18.8 Å². The quantitative estimate of drug-likeness (QED) is 0.849. The highest BCUT2D eigenvalue weighted by atomic mass is 32.2. The average molecular weight is 401 g/mol. The van der Waals surface area contributed by atoms with Crippen molar-refractivity contribution in [2.24, 2.45) is 0 Å². The Morgan fingerprint density at radius 2 is 1.82 bits per heavy atom. The molecular formula is C21H24N2O4S. The molecule has 28 heavy (non-hydrogen) atoms. The molecule has 0 aliphatic carbocycles. The third-order valence-corrected chi connectivity index (χ3v) is 6.41. The molecule has 0 spiro atoms. The number of carbonyl (C=O) groups is 1. The van der Waals surface area contributed by atoms with Gasteiger partial charge in [-0.1, -0.05) is 6.07 Å². The van der Waals surface area contributed by atoms with Gasteiger partial charge in [0.15, 0.2) is 0 Å². The Morgan fingerprint density at radius 3 is 2.46 bits per heavy atom. The number of rotatable bonds is 4. The van der Waals surface area contributed by atoms with E-state index in [2.05, 4.69) is 11.0 Å². The van der Waals surface area contributed by atoms with E-state index < -0.39 is 16.9 Å². The van der Waals surface area contributed by atoms with Gasteiger partial charge in [0.05, 0.1) is 0 Å². The van der Waals surface area contributed by atoms with Crippen LogP contribution in [-0.2, 0) is 17.2 Å². The molecule has 0 bridgehead atoms. The predicted molar refractivity (Wildman–Crippen MR) is 109 cm³/mol. The molecule has 2 aliphatic heterocycles. The first-order chi connectivity index (χ1) is 13.5. The number of fused-ring (bicyclic) bond motifs is 1. The van der Waals surface area contributed by atoms with Crippen molar-refractivity contribution in [3.63, 3.8) is 0 Å². The lowest BCUT2D eigenvalue weighted by molar-refractivity contribution is 0.0891. The summed E-state index contributed by atoms with van der Waals surface area (Å²) in [4.78, 5) is 15.6. The lowest BCUT2D eigenvalue weighted by Gasteiger charge is -2.30. The summed E-state index contributed by atoms with van der Waals surface area (Å²) in [6.45, 7) is 1.92. The van der Waals surface area contributed by atoms with Crippen molar-refractivity contribution in [3.05, 3.63) is 48.0 Å². The molecule has 2 aromatic rings. The van der Waals surface area contributed by atoms with Gasteiger partial charge in [-0.25, -0.2) is 4.79 Å². The highest BCUT2D eigenvalue weighted by Gasteiger charge is 2.27. The van der Waals surface area contributed by atoms with Gasteiger partial charge in [0.1, 0.15) is 11.9 Å². The molecular weight excluding hydrogens is 376 g/mol. The van der Waals surface area contributed by atoms with Crippen molar-refractivity contribution in [2.45, 2.75) is 30.3 Å². The van der Waals surface area contributed by atoms with E-state index in [1.54, 1.807) is 6.26 Å². The second kappa shape index (κ2) is 7.83. The molecule has 6 nitrogen and oxygen atoms in total. The molecule has 1 saturated heterocycles. The minimum Gasteiger partial charge on any atom is -0.490 e. The Labute approximate surface area is 167 Å². The van der Waals surface area contributed by atoms with Crippen LogP contribution in [0.4, 0.5) is 16.2 Å². The van der Waals surface area contributed by atoms with Gasteiger partial charge >= 0.3 is 6.09 Å². The summed E-state index contributed by atoms with van der Waals surface area (Å²) in [5.41, 5.74) is 3.43. The molecule has 1 amide bonds. The normalized spacial score (nSPS) is 18.0. The molecule has 0 radical (unpaired) electrons. The molecule has 148 valence electrons. The van der Waals surface area contributed by atoms with Gasteiger partial charge in [0.25, 0.3) is 0 Å². The number of amides is 1. The minimum atomic E-state index is -0.976. The van der Waals surface area contributed by atoms with Crippen LogP contribution < -0.4 is 9.64 Å². The molecule has 1 unspecified atom stereocenters. The maximum Gasteiger partial charge on any atom is 0.407 e. The minimum absolute atomic E-state index is 0.0509. The highest BCUT2D eigenvalue weighted by molar-refractivity contribution is 7.84. The Morgan fingerprint density at radius 1 is 1.11 bits per heavy atom. The van der Waals surface area contributed by atoms with E-state index in [0.29, 0.717) is 13.1 Å². The van der Waals surface area contributed by atoms with Crippen molar-refractivity contribution in [2.75, 3.05) is 30.8 Å². The summed E-state index contributed by atoms with van der Waals surface area (Å²) in [6.07, 6.45) is 3.22. The summed E-state index contributed by atoms with van der Waals surface area (Å²) in [7, 11) is -0.976. The average Bonchev–Trinajstić information content (AvgIpc) is 3.13. The van der Waals surface area contributed by atoms with Crippen LogP contribution in [0.25, 0.3) is 0 Å². The standard InChI is InChI=1S/C21H24N2O4S/c1-28(26)17-7-5-15(6-8-17)23-14-11-18-19(23)3-2-4-20(18)27-16-9-12-22(13-10-16)21(24)25/h2-8,16H,9-14H2,1H3,(H,24,25). The summed E-state index contributed by atoms with van der Waals surface area (Å²) < 4.78 is 17.9. The summed E-state index contributed by atoms with van der Waals surface area (Å²) in [5.74, 6) is 0.903. The molecule has 2 heterocycles. The van der Waals surface area contributed by atoms with E-state index in [1.165, 1.54) is 10.5 Å². The lowest BCUT2D eigenvalue weighted by atomic mass is 10.1. The molecule has 2 aliphatic rings. The maximum absolute atomic E-state index is 11.6. The molecule has 0 aromatic heterocycles. The lowest BCUT2D eigenvalue weighted by Crippen LogP contribution is -2.41. The number of anilines is 2. The zero-order chi connectivity index (χ0) is 19.7. The fourth-order valence-electron chi connectivity index (χ4n) is 3.94. The van der Waals surface area contributed by atoms with Gasteiger partial charge in [-0.05, 0) is 42.8 Å². The molecule has 7 heteroatoms. The number of benzene rings is 2. The Balaban J connectivity index is 1.50. The van der Waals surface area contributed by atoms with Gasteiger partial charge in [-0.2, -0.15) is 0 Å². The second-order valence-electron chi connectivity index (χ2n) is 7.19. The van der Waals surface area contributed by atoms with Crippen LogP contribution in [0.2, 0.25) is 0 Å². The Kier molecular flexibility index (Phi) is 5.26. The topological polar surface area (TPSA) is 70.1 Å². The summed E-state index contributed by atoms with van der Waals surface area (Å²) >= 11 is 0. The predicted octanol–water partition coefficient (Wildman–Crippen LogP) is 3.64. The maximum atomic E-state index is 11.6. The SMILES string of the molecule is CS(=O)c1ccc(N2CCc3c(OC4CCN(C(=O)O)CC4)cccc32)cc1. The van der Waals surface area contributed by atoms with Gasteiger partial charge in [0.2, 0.25) is 0 Å². The van der Waals surface area contributed by atoms with Crippen LogP contribution in [0.1, 0.15) is 18.4 Å². The second-order valence-corrected chi connectivity index (χ2v) is 8.57. The largest absolute Gasteiger partial charge is 0.490 e. The Hall–Kier alpha value is -2.54. The molecule has 4 rings (SSSR count). The number of likely N-dealkylation sites (tertiary alicyclic amines) is 1. The molecule has 0 saturated carbocycles. The number of hydrogen-bond donors (Lipinski definition) is 1. The van der Waals surface area contributed by atoms with Crippen LogP contribution in [0.5, 0.6) is 5.75 Å². The van der Waals surface area contributed by atoms with Gasteiger partial charge in [0, 0.05) is 71.4 Å². The zero-order valence-electron chi connectivity index (χ0n) is 15.8. The smallest absolute Gasteiger partial charge is 0.407 e. The first kappa shape index (κ1) is 18.8. The van der Waals surface area contributed by atoms with Crippen molar-refractivity contribution in [1.29, 1.82) is 0 Å². The molecule has 1 N–H and O–H groups in total. The van der Waals surface area contributed by atoms with E-state index >= 15 is 0 Å². The van der Waals surface area contributed by atoms with Crippen LogP contribution in [0.15, 0.2) is 47.4 Å². The van der Waals surface area contributed by atoms with Crippen LogP contribution in [0, 0.1) is 0 Å². The van der Waals surface area contributed by atoms with E-state index in [0.717, 1.165) is 47.8 Å². The molecule has 1 atom stereocenters. The summed E-state index contributed by atoms with van der Waals surface area (Å²) in [5, 5.41) is 9.09. The monoisotopic (exact) mass is 400 g/mol. The third-order valence-electron chi connectivity index (χ3n) is 5.47. The fourth-order valence-corrected chi connectivity index (χ4v) is 4.46. The van der Waals surface area contributed by atoms with Gasteiger partial charge < -0.3 is 19.6 Å². The third kappa shape index (κ3) is 3.71. The van der Waals surface area contributed by atoms with Crippen molar-refractivity contribution >= 4 is 28.3 Å². The molecule has 1 fully saturated rings. The van der Waals surface area contributed by atoms with E-state index in [4.69, 9.17) is 9.84 Å². The zero-order valence-corrected chi connectivity index (χ0v) is 16.7. The number of hydrogen-bond acceptors (Lipinski definition) is 4. The van der Waals surface area contributed by atoms with Crippen LogP contribution >= 0.6 is 0 Å². The van der Waals surface area contributed by atoms with Crippen molar-refractivity contribution in [3.8, 4) is 5.75 Å². The van der Waals surface area contributed by atoms with E-state index in [1.807, 2.05) is 36.4 Å². The number of nitrogens with zero attached hydrogens (tertiary/aromatic N) is 2. The van der Waals surface area contributed by atoms with Crippen LogP contribution in [0.3, 0.4) is 0 Å². The number of piperidine rings is 1. The van der Waals surface area contributed by atoms with Gasteiger partial charge in [-0.3, -0.25) is 4.21 Å². The van der Waals surface area contributed by atoms with E-state index in [-0.39, 0.29) is 6.10 Å². The molecule has 2 aromatic carbocycles. The van der Waals surface area contributed by atoms with E-state index in [9.17, 15) is 9.00 Å². The van der Waals surface area contributed by atoms with Crippen molar-refractivity contribution in [1.82, 2.24) is 4.90 Å². The number of carboxylic acid groups (broad SMARTS) is 1. The highest BCUT2D eigenvalue weighted by Crippen LogP contribution is 2.40. The van der Waals surface area contributed by atoms with Crippen LogP contribution in [-0.4, -0.2) is 52.3 Å². The Bertz CT molecular complexity index is 892. The first-order valence-electron chi connectivity index (χ1n) is 9.50. The van der Waals surface area contributed by atoms with Gasteiger partial charge in [-0.15, -0.1) is 0 Å². The fraction of sp³-hybridized carbons (Fsp3) is 0.381.